The van der Waals surface area contributed by atoms with Gasteiger partial charge in [0.1, 0.15) is 0 Å². The van der Waals surface area contributed by atoms with Crippen LogP contribution in [0.4, 0.5) is 13.2 Å². The van der Waals surface area contributed by atoms with Crippen molar-refractivity contribution in [3.05, 3.63) is 29.8 Å². The zero-order chi connectivity index (χ0) is 17.8. The van der Waals surface area contributed by atoms with Gasteiger partial charge < -0.3 is 10.1 Å². The molecule has 0 saturated carbocycles. The van der Waals surface area contributed by atoms with E-state index in [9.17, 15) is 21.6 Å². The zero-order valence-electron chi connectivity index (χ0n) is 13.3. The normalized spacial score (nSPS) is 22.0. The average molecular weight is 366 g/mol. The number of sulfonamides is 1. The van der Waals surface area contributed by atoms with Gasteiger partial charge in [-0.2, -0.15) is 13.2 Å². The van der Waals surface area contributed by atoms with Gasteiger partial charge in [-0.05, 0) is 37.1 Å². The highest BCUT2D eigenvalue weighted by molar-refractivity contribution is 7.89. The predicted octanol–water partition coefficient (Wildman–Crippen LogP) is 1.84. The Labute approximate surface area is 139 Å². The van der Waals surface area contributed by atoms with Crippen molar-refractivity contribution in [2.75, 3.05) is 26.8 Å². The van der Waals surface area contributed by atoms with Gasteiger partial charge in [-0.1, -0.05) is 12.1 Å². The highest BCUT2D eigenvalue weighted by Crippen LogP contribution is 2.23. The minimum Gasteiger partial charge on any atom is -0.383 e. The summed E-state index contributed by atoms with van der Waals surface area (Å²) >= 11 is 0. The maximum Gasteiger partial charge on any atom is 0.393 e. The molecule has 9 heteroatoms. The molecular formula is C15H21F3N2O3S. The average Bonchev–Trinajstić information content (AvgIpc) is 2.94. The first-order chi connectivity index (χ1) is 11.2. The van der Waals surface area contributed by atoms with E-state index in [2.05, 4.69) is 10.0 Å². The van der Waals surface area contributed by atoms with E-state index in [0.717, 1.165) is 19.4 Å². The molecule has 5 nitrogen and oxygen atoms in total. The number of methoxy groups -OCH3 is 1. The van der Waals surface area contributed by atoms with Crippen molar-refractivity contribution >= 4 is 10.0 Å². The molecule has 0 amide bonds. The van der Waals surface area contributed by atoms with Crippen LogP contribution in [0.1, 0.15) is 18.4 Å². The van der Waals surface area contributed by atoms with Crippen molar-refractivity contribution < 1.29 is 26.3 Å². The van der Waals surface area contributed by atoms with Gasteiger partial charge in [0.15, 0.2) is 0 Å². The molecule has 1 aliphatic rings. The van der Waals surface area contributed by atoms with Crippen molar-refractivity contribution in [2.45, 2.75) is 35.9 Å². The maximum atomic E-state index is 12.3. The van der Waals surface area contributed by atoms with Crippen molar-refractivity contribution in [3.63, 3.8) is 0 Å². The fourth-order valence-corrected chi connectivity index (χ4v) is 3.93. The van der Waals surface area contributed by atoms with Crippen LogP contribution in [-0.2, 0) is 21.2 Å². The minimum atomic E-state index is -4.32. The molecule has 2 rings (SSSR count). The van der Waals surface area contributed by atoms with Crippen LogP contribution in [0.3, 0.4) is 0 Å². The highest BCUT2D eigenvalue weighted by Gasteiger charge is 2.35. The van der Waals surface area contributed by atoms with Crippen LogP contribution in [0.5, 0.6) is 0 Å². The first-order valence-corrected chi connectivity index (χ1v) is 9.03. The van der Waals surface area contributed by atoms with Gasteiger partial charge in [-0.15, -0.1) is 0 Å². The van der Waals surface area contributed by atoms with Crippen LogP contribution in [-0.4, -0.2) is 46.9 Å². The van der Waals surface area contributed by atoms with Gasteiger partial charge in [0.05, 0.1) is 23.5 Å². The Bertz CT molecular complexity index is 639. The largest absolute Gasteiger partial charge is 0.393 e. The van der Waals surface area contributed by atoms with Gasteiger partial charge in [0, 0.05) is 13.7 Å². The number of hydrogen-bond donors (Lipinski definition) is 2. The summed E-state index contributed by atoms with van der Waals surface area (Å²) in [7, 11) is -2.24. The van der Waals surface area contributed by atoms with Crippen molar-refractivity contribution in [2.24, 2.45) is 0 Å². The predicted molar refractivity (Wildman–Crippen MR) is 83.2 cm³/mol. The number of ether oxygens (including phenoxy) is 1. The van der Waals surface area contributed by atoms with E-state index in [0.29, 0.717) is 6.61 Å². The van der Waals surface area contributed by atoms with Gasteiger partial charge in [0.2, 0.25) is 10.0 Å². The van der Waals surface area contributed by atoms with E-state index in [4.69, 9.17) is 4.74 Å². The molecule has 0 aliphatic carbocycles. The van der Waals surface area contributed by atoms with Crippen molar-refractivity contribution in [3.8, 4) is 0 Å². The molecule has 1 unspecified atom stereocenters. The van der Waals surface area contributed by atoms with Crippen LogP contribution in [0.15, 0.2) is 29.2 Å². The number of hydrogen-bond acceptors (Lipinski definition) is 4. The van der Waals surface area contributed by atoms with E-state index < -0.39 is 28.2 Å². The molecule has 0 spiro atoms. The van der Waals surface area contributed by atoms with E-state index in [1.165, 1.54) is 24.3 Å². The second kappa shape index (κ2) is 7.38. The molecule has 136 valence electrons. The third-order valence-electron chi connectivity index (χ3n) is 3.99. The molecule has 1 aromatic rings. The lowest BCUT2D eigenvalue weighted by atomic mass is 9.99. The molecular weight excluding hydrogens is 345 g/mol. The third kappa shape index (κ3) is 5.17. The molecule has 1 aliphatic heterocycles. The Balaban J connectivity index is 2.04. The van der Waals surface area contributed by atoms with E-state index >= 15 is 0 Å². The van der Waals surface area contributed by atoms with E-state index in [1.54, 1.807) is 7.11 Å². The summed E-state index contributed by atoms with van der Waals surface area (Å²) < 4.78 is 69.3. The van der Waals surface area contributed by atoms with Gasteiger partial charge in [-0.25, -0.2) is 13.1 Å². The molecule has 0 radical (unpaired) electrons. The first-order valence-electron chi connectivity index (χ1n) is 7.55. The first kappa shape index (κ1) is 19.2. The monoisotopic (exact) mass is 366 g/mol. The lowest BCUT2D eigenvalue weighted by Gasteiger charge is -2.28. The standard InChI is InChI=1S/C15H21F3N2O3S/c1-23-11-14(7-2-8-19-14)10-20-24(21,22)13-5-3-12(4-6-13)9-15(16,17)18/h3-6,19-20H,2,7-11H2,1H3. The topological polar surface area (TPSA) is 67.4 Å². The van der Waals surface area contributed by atoms with Crippen LogP contribution in [0.25, 0.3) is 0 Å². The third-order valence-corrected chi connectivity index (χ3v) is 5.41. The van der Waals surface area contributed by atoms with Gasteiger partial charge in [-0.3, -0.25) is 0 Å². The second-order valence-corrected chi connectivity index (χ2v) is 7.77. The maximum absolute atomic E-state index is 12.3. The minimum absolute atomic E-state index is 0.0229. The number of nitrogens with one attached hydrogen (secondary N) is 2. The van der Waals surface area contributed by atoms with Crippen molar-refractivity contribution in [1.82, 2.24) is 10.0 Å². The molecule has 1 atom stereocenters. The van der Waals surface area contributed by atoms with Gasteiger partial charge in [0.25, 0.3) is 0 Å². The summed E-state index contributed by atoms with van der Waals surface area (Å²) in [4.78, 5) is -0.0565. The Morgan fingerprint density at radius 2 is 1.96 bits per heavy atom. The summed E-state index contributed by atoms with van der Waals surface area (Å²) in [6.45, 7) is 1.32. The molecule has 2 N–H and O–H groups in total. The molecule has 0 bridgehead atoms. The van der Waals surface area contributed by atoms with Crippen LogP contribution in [0.2, 0.25) is 0 Å². The number of benzene rings is 1. The summed E-state index contributed by atoms with van der Waals surface area (Å²) in [6.07, 6.45) is -3.69. The number of alkyl halides is 3. The Morgan fingerprint density at radius 3 is 2.46 bits per heavy atom. The Hall–Kier alpha value is -1.16. The molecule has 1 fully saturated rings. The van der Waals surface area contributed by atoms with Gasteiger partial charge >= 0.3 is 6.18 Å². The zero-order valence-corrected chi connectivity index (χ0v) is 14.1. The lowest BCUT2D eigenvalue weighted by Crippen LogP contribution is -2.52. The SMILES string of the molecule is COCC1(CNS(=O)(=O)c2ccc(CC(F)(F)F)cc2)CCCN1. The number of halogens is 3. The molecule has 1 heterocycles. The fraction of sp³-hybridized carbons (Fsp3) is 0.600. The number of rotatable bonds is 7. The smallest absolute Gasteiger partial charge is 0.383 e. The van der Waals surface area contributed by atoms with Crippen LogP contribution in [0, 0.1) is 0 Å². The van der Waals surface area contributed by atoms with Crippen LogP contribution < -0.4 is 10.0 Å². The Kier molecular flexibility index (Phi) is 5.90. The summed E-state index contributed by atoms with van der Waals surface area (Å²) in [5.74, 6) is 0. The van der Waals surface area contributed by atoms with Crippen LogP contribution >= 0.6 is 0 Å². The fourth-order valence-electron chi connectivity index (χ4n) is 2.80. The Morgan fingerprint density at radius 1 is 1.29 bits per heavy atom. The second-order valence-electron chi connectivity index (χ2n) is 6.00. The molecule has 24 heavy (non-hydrogen) atoms. The van der Waals surface area contributed by atoms with E-state index in [1.807, 2.05) is 0 Å². The summed E-state index contributed by atoms with van der Waals surface area (Å²) in [5.41, 5.74) is -0.423. The highest BCUT2D eigenvalue weighted by atomic mass is 32.2. The lowest BCUT2D eigenvalue weighted by molar-refractivity contribution is -0.127. The molecule has 1 saturated heterocycles. The van der Waals surface area contributed by atoms with E-state index in [-0.39, 0.29) is 17.0 Å². The molecule has 0 aromatic heterocycles. The summed E-state index contributed by atoms with van der Waals surface area (Å²) in [6, 6.07) is 4.74. The van der Waals surface area contributed by atoms with Crippen molar-refractivity contribution in [1.29, 1.82) is 0 Å². The molecule has 1 aromatic carbocycles. The summed E-state index contributed by atoms with van der Waals surface area (Å²) in [5, 5.41) is 3.25. The quantitative estimate of drug-likeness (QED) is 0.773.